The normalized spacial score (nSPS) is 22.5. The zero-order valence-electron chi connectivity index (χ0n) is 19.0. The lowest BCUT2D eigenvalue weighted by atomic mass is 9.76. The number of hydrogen-bond donors (Lipinski definition) is 2. The van der Waals surface area contributed by atoms with E-state index in [-0.39, 0.29) is 30.3 Å². The summed E-state index contributed by atoms with van der Waals surface area (Å²) in [5.41, 5.74) is 1.44. The predicted octanol–water partition coefficient (Wildman–Crippen LogP) is 2.19. The van der Waals surface area contributed by atoms with Crippen molar-refractivity contribution < 1.29 is 19.2 Å². The Kier molecular flexibility index (Phi) is 5.81. The Hall–Kier alpha value is -3.68. The fourth-order valence-corrected chi connectivity index (χ4v) is 5.32. The van der Waals surface area contributed by atoms with Crippen LogP contribution in [0.15, 0.2) is 54.6 Å². The molecule has 1 atom stereocenters. The van der Waals surface area contributed by atoms with Crippen molar-refractivity contribution in [2.24, 2.45) is 0 Å². The number of carbonyl (C=O) groups excluding carboxylic acids is 4. The monoisotopic (exact) mass is 460 g/mol. The second kappa shape index (κ2) is 8.93. The zero-order valence-corrected chi connectivity index (χ0v) is 19.0. The van der Waals surface area contributed by atoms with Gasteiger partial charge in [-0.15, -0.1) is 0 Å². The summed E-state index contributed by atoms with van der Waals surface area (Å²) >= 11 is 0. The number of aryl methyl sites for hydroxylation is 1. The molecule has 2 heterocycles. The summed E-state index contributed by atoms with van der Waals surface area (Å²) in [6, 6.07) is 16.2. The van der Waals surface area contributed by atoms with E-state index in [1.54, 1.807) is 17.0 Å². The zero-order chi connectivity index (χ0) is 23.7. The highest BCUT2D eigenvalue weighted by Gasteiger charge is 2.54. The van der Waals surface area contributed by atoms with E-state index in [4.69, 9.17) is 0 Å². The first kappa shape index (κ1) is 22.1. The fourth-order valence-electron chi connectivity index (χ4n) is 5.32. The van der Waals surface area contributed by atoms with Crippen LogP contribution in [0, 0.1) is 0 Å². The number of fused-ring (bicyclic) bond motifs is 2. The van der Waals surface area contributed by atoms with Crippen LogP contribution in [0.4, 0.5) is 4.79 Å². The van der Waals surface area contributed by atoms with E-state index in [2.05, 4.69) is 10.6 Å². The van der Waals surface area contributed by atoms with Crippen molar-refractivity contribution in [3.8, 4) is 0 Å². The van der Waals surface area contributed by atoms with Crippen LogP contribution < -0.4 is 10.6 Å². The van der Waals surface area contributed by atoms with Crippen LogP contribution in [0.2, 0.25) is 0 Å². The van der Waals surface area contributed by atoms with Gasteiger partial charge in [-0.2, -0.15) is 0 Å². The van der Waals surface area contributed by atoms with E-state index >= 15 is 0 Å². The molecule has 34 heavy (non-hydrogen) atoms. The SMILES string of the molecule is O=C(NC1CCN(C(=O)CN2C(=O)N[C@@]3(CCCc4ccccc43)C2=O)CC1)c1ccccc1. The van der Waals surface area contributed by atoms with Crippen molar-refractivity contribution in [2.45, 2.75) is 43.7 Å². The Morgan fingerprint density at radius 1 is 1.00 bits per heavy atom. The first-order chi connectivity index (χ1) is 16.5. The molecule has 1 spiro atoms. The van der Waals surface area contributed by atoms with Gasteiger partial charge in [0.2, 0.25) is 5.91 Å². The van der Waals surface area contributed by atoms with Gasteiger partial charge in [-0.25, -0.2) is 4.79 Å². The Bertz CT molecular complexity index is 1130. The smallest absolute Gasteiger partial charge is 0.325 e. The van der Waals surface area contributed by atoms with E-state index in [1.807, 2.05) is 42.5 Å². The first-order valence-electron chi connectivity index (χ1n) is 11.8. The van der Waals surface area contributed by atoms with Crippen molar-refractivity contribution in [1.29, 1.82) is 0 Å². The Morgan fingerprint density at radius 2 is 1.71 bits per heavy atom. The molecule has 0 unspecified atom stereocenters. The molecule has 8 nitrogen and oxygen atoms in total. The van der Waals surface area contributed by atoms with E-state index in [1.165, 1.54) is 0 Å². The molecule has 176 valence electrons. The quantitative estimate of drug-likeness (QED) is 0.684. The van der Waals surface area contributed by atoms with Crippen LogP contribution in [-0.4, -0.2) is 59.2 Å². The number of hydrogen-bond acceptors (Lipinski definition) is 4. The van der Waals surface area contributed by atoms with Gasteiger partial charge in [-0.3, -0.25) is 19.3 Å². The topological polar surface area (TPSA) is 98.8 Å². The number of piperidine rings is 1. The number of imide groups is 1. The van der Waals surface area contributed by atoms with Gasteiger partial charge < -0.3 is 15.5 Å². The second-order valence-corrected chi connectivity index (χ2v) is 9.23. The van der Waals surface area contributed by atoms with Gasteiger partial charge in [0.05, 0.1) is 0 Å². The summed E-state index contributed by atoms with van der Waals surface area (Å²) in [7, 11) is 0. The minimum Gasteiger partial charge on any atom is -0.349 e. The molecule has 8 heteroatoms. The highest BCUT2D eigenvalue weighted by atomic mass is 16.2. The molecule has 0 radical (unpaired) electrons. The molecular weight excluding hydrogens is 432 g/mol. The number of rotatable bonds is 4. The molecule has 2 aromatic rings. The molecule has 0 bridgehead atoms. The van der Waals surface area contributed by atoms with Gasteiger partial charge in [0.15, 0.2) is 0 Å². The number of benzene rings is 2. The molecule has 2 N–H and O–H groups in total. The largest absolute Gasteiger partial charge is 0.349 e. The molecule has 2 aliphatic heterocycles. The van der Waals surface area contributed by atoms with Crippen molar-refractivity contribution in [2.75, 3.05) is 19.6 Å². The summed E-state index contributed by atoms with van der Waals surface area (Å²) in [5.74, 6) is -0.719. The highest BCUT2D eigenvalue weighted by Crippen LogP contribution is 2.39. The van der Waals surface area contributed by atoms with Crippen LogP contribution in [-0.2, 0) is 21.5 Å². The molecule has 1 aliphatic carbocycles. The van der Waals surface area contributed by atoms with E-state index in [0.717, 1.165) is 28.9 Å². The average Bonchev–Trinajstić information content (AvgIpc) is 3.10. The number of urea groups is 1. The van der Waals surface area contributed by atoms with Crippen LogP contribution in [0.5, 0.6) is 0 Å². The number of nitrogens with zero attached hydrogens (tertiary/aromatic N) is 2. The maximum Gasteiger partial charge on any atom is 0.325 e. The molecule has 3 aliphatic rings. The Morgan fingerprint density at radius 3 is 2.47 bits per heavy atom. The third-order valence-corrected chi connectivity index (χ3v) is 7.16. The van der Waals surface area contributed by atoms with Gasteiger partial charge in [-0.1, -0.05) is 42.5 Å². The summed E-state index contributed by atoms with van der Waals surface area (Å²) in [6.07, 6.45) is 3.46. The number of nitrogens with one attached hydrogen (secondary N) is 2. The minimum atomic E-state index is -1.07. The van der Waals surface area contributed by atoms with Crippen LogP contribution >= 0.6 is 0 Å². The molecular formula is C26H28N4O4. The highest BCUT2D eigenvalue weighted by molar-refractivity contribution is 6.09. The number of amides is 5. The molecule has 5 amide bonds. The van der Waals surface area contributed by atoms with E-state index in [9.17, 15) is 19.2 Å². The third kappa shape index (κ3) is 3.93. The molecule has 2 saturated heterocycles. The average molecular weight is 461 g/mol. The summed E-state index contributed by atoms with van der Waals surface area (Å²) in [4.78, 5) is 54.3. The molecule has 2 aromatic carbocycles. The van der Waals surface area contributed by atoms with Crippen molar-refractivity contribution in [1.82, 2.24) is 20.4 Å². The van der Waals surface area contributed by atoms with E-state index in [0.29, 0.717) is 37.9 Å². The second-order valence-electron chi connectivity index (χ2n) is 9.23. The fraction of sp³-hybridized carbons (Fsp3) is 0.385. The summed E-state index contributed by atoms with van der Waals surface area (Å²) < 4.78 is 0. The van der Waals surface area contributed by atoms with Crippen molar-refractivity contribution >= 4 is 23.8 Å². The van der Waals surface area contributed by atoms with Gasteiger partial charge in [-0.05, 0) is 55.4 Å². The lowest BCUT2D eigenvalue weighted by Crippen LogP contribution is -2.50. The Balaban J connectivity index is 1.19. The number of likely N-dealkylation sites (tertiary alicyclic amines) is 1. The minimum absolute atomic E-state index is 0.0181. The van der Waals surface area contributed by atoms with Gasteiger partial charge in [0, 0.05) is 24.7 Å². The standard InChI is InChI=1S/C26H28N4O4/c31-22(29-15-12-20(13-16-29)27-23(32)19-8-2-1-3-9-19)17-30-24(33)26(28-25(30)34)14-6-10-18-7-4-5-11-21(18)26/h1-5,7-9,11,20H,6,10,12-17H2,(H,27,32)(H,28,34)/t26-/m1/s1. The lowest BCUT2D eigenvalue weighted by Gasteiger charge is -2.34. The van der Waals surface area contributed by atoms with Crippen molar-refractivity contribution in [3.63, 3.8) is 0 Å². The van der Waals surface area contributed by atoms with Crippen LogP contribution in [0.1, 0.15) is 47.2 Å². The lowest BCUT2D eigenvalue weighted by molar-refractivity contribution is -0.140. The molecule has 5 rings (SSSR count). The first-order valence-corrected chi connectivity index (χ1v) is 11.8. The maximum atomic E-state index is 13.4. The van der Waals surface area contributed by atoms with Crippen LogP contribution in [0.3, 0.4) is 0 Å². The predicted molar refractivity (Wildman–Crippen MR) is 125 cm³/mol. The van der Waals surface area contributed by atoms with Crippen molar-refractivity contribution in [3.05, 3.63) is 71.3 Å². The number of carbonyl (C=O) groups is 4. The Labute approximate surface area is 198 Å². The summed E-state index contributed by atoms with van der Waals surface area (Å²) in [6.45, 7) is 0.669. The van der Waals surface area contributed by atoms with Gasteiger partial charge in [0.1, 0.15) is 12.1 Å². The third-order valence-electron chi connectivity index (χ3n) is 7.16. The molecule has 0 saturated carbocycles. The summed E-state index contributed by atoms with van der Waals surface area (Å²) in [5, 5.41) is 5.92. The van der Waals surface area contributed by atoms with Crippen LogP contribution in [0.25, 0.3) is 0 Å². The molecule has 0 aromatic heterocycles. The van der Waals surface area contributed by atoms with Gasteiger partial charge >= 0.3 is 6.03 Å². The maximum absolute atomic E-state index is 13.4. The van der Waals surface area contributed by atoms with Gasteiger partial charge in [0.25, 0.3) is 11.8 Å². The molecule has 2 fully saturated rings. The van der Waals surface area contributed by atoms with E-state index < -0.39 is 11.6 Å².